The van der Waals surface area contributed by atoms with Gasteiger partial charge in [0.05, 0.1) is 0 Å². The lowest BCUT2D eigenvalue weighted by atomic mass is 10.3. The molecule has 1 N–H and O–H groups in total. The average Bonchev–Trinajstić information content (AvgIpc) is 2.55. The topological polar surface area (TPSA) is 59.8 Å². The van der Waals surface area contributed by atoms with Gasteiger partial charge in [-0.05, 0) is 24.6 Å². The van der Waals surface area contributed by atoms with Crippen molar-refractivity contribution >= 4 is 22.7 Å². The zero-order valence-corrected chi connectivity index (χ0v) is 12.5. The van der Waals surface area contributed by atoms with Gasteiger partial charge < -0.3 is 5.32 Å². The summed E-state index contributed by atoms with van der Waals surface area (Å²) in [7, 11) is 0. The van der Waals surface area contributed by atoms with E-state index in [9.17, 15) is 4.79 Å². The molecule has 0 fully saturated rings. The van der Waals surface area contributed by atoms with E-state index in [-0.39, 0.29) is 5.56 Å². The molecule has 0 aliphatic heterocycles. The summed E-state index contributed by atoms with van der Waals surface area (Å²) in [5.41, 5.74) is 1.57. The van der Waals surface area contributed by atoms with Crippen LogP contribution in [0.25, 0.3) is 11.0 Å². The Labute approximate surface area is 128 Å². The van der Waals surface area contributed by atoms with Gasteiger partial charge in [-0.3, -0.25) is 9.36 Å². The summed E-state index contributed by atoms with van der Waals surface area (Å²) in [4.78, 5) is 20.9. The largest absolute Gasteiger partial charge is 0.324 e. The smallest absolute Gasteiger partial charge is 0.252 e. The first-order chi connectivity index (χ1) is 10.8. The highest BCUT2D eigenvalue weighted by molar-refractivity contribution is 5.75. The number of nitrogens with zero attached hydrogens (tertiary/aromatic N) is 3. The van der Waals surface area contributed by atoms with Gasteiger partial charge in [0, 0.05) is 29.9 Å². The number of nitrogens with one attached hydrogen (secondary N) is 1. The molecule has 2 aromatic heterocycles. The van der Waals surface area contributed by atoms with Gasteiger partial charge >= 0.3 is 0 Å². The second-order valence-electron chi connectivity index (χ2n) is 5.14. The van der Waals surface area contributed by atoms with Crippen molar-refractivity contribution in [3.8, 4) is 0 Å². The van der Waals surface area contributed by atoms with E-state index in [4.69, 9.17) is 0 Å². The SMILES string of the molecule is CCCCn1c(=O)ccc2cnc(Nc3ccccc3)nc21. The van der Waals surface area contributed by atoms with Crippen molar-refractivity contribution in [2.75, 3.05) is 5.32 Å². The summed E-state index contributed by atoms with van der Waals surface area (Å²) >= 11 is 0. The average molecular weight is 294 g/mol. The van der Waals surface area contributed by atoms with Crippen molar-refractivity contribution in [1.82, 2.24) is 14.5 Å². The first-order valence-electron chi connectivity index (χ1n) is 7.46. The fourth-order valence-corrected chi connectivity index (χ4v) is 2.31. The number of para-hydroxylation sites is 1. The summed E-state index contributed by atoms with van der Waals surface area (Å²) in [5.74, 6) is 0.495. The predicted molar refractivity (Wildman–Crippen MR) is 88.4 cm³/mol. The van der Waals surface area contributed by atoms with E-state index in [0.29, 0.717) is 18.1 Å². The van der Waals surface area contributed by atoms with E-state index in [0.717, 1.165) is 23.9 Å². The highest BCUT2D eigenvalue weighted by Crippen LogP contribution is 2.15. The van der Waals surface area contributed by atoms with Crippen molar-refractivity contribution in [2.24, 2.45) is 0 Å². The third kappa shape index (κ3) is 2.98. The van der Waals surface area contributed by atoms with Crippen molar-refractivity contribution in [3.05, 3.63) is 59.0 Å². The summed E-state index contributed by atoms with van der Waals surface area (Å²) in [6.07, 6.45) is 3.73. The molecule has 0 aliphatic carbocycles. The molecule has 5 nitrogen and oxygen atoms in total. The van der Waals surface area contributed by atoms with Gasteiger partial charge in [0.2, 0.25) is 5.95 Å². The molecule has 0 saturated heterocycles. The first kappa shape index (κ1) is 14.3. The summed E-state index contributed by atoms with van der Waals surface area (Å²) in [5, 5.41) is 4.03. The van der Waals surface area contributed by atoms with Crippen LogP contribution in [0, 0.1) is 0 Å². The minimum absolute atomic E-state index is 0.0229. The molecule has 22 heavy (non-hydrogen) atoms. The van der Waals surface area contributed by atoms with Crippen LogP contribution in [0.15, 0.2) is 53.5 Å². The summed E-state index contributed by atoms with van der Waals surface area (Å²) in [6, 6.07) is 13.1. The minimum atomic E-state index is -0.0229. The monoisotopic (exact) mass is 294 g/mol. The molecule has 5 heteroatoms. The Kier molecular flexibility index (Phi) is 4.14. The third-order valence-corrected chi connectivity index (χ3v) is 3.49. The lowest BCUT2D eigenvalue weighted by molar-refractivity contribution is 0.627. The van der Waals surface area contributed by atoms with E-state index in [1.807, 2.05) is 30.3 Å². The van der Waals surface area contributed by atoms with Crippen LogP contribution >= 0.6 is 0 Å². The van der Waals surface area contributed by atoms with E-state index < -0.39 is 0 Å². The molecule has 0 amide bonds. The fourth-order valence-electron chi connectivity index (χ4n) is 2.31. The lowest BCUT2D eigenvalue weighted by Gasteiger charge is -2.10. The molecule has 0 aliphatic rings. The lowest BCUT2D eigenvalue weighted by Crippen LogP contribution is -2.20. The number of aromatic nitrogens is 3. The van der Waals surface area contributed by atoms with Crippen LogP contribution in [-0.2, 0) is 6.54 Å². The predicted octanol–water partition coefficient (Wildman–Crippen LogP) is 3.34. The van der Waals surface area contributed by atoms with Crippen molar-refractivity contribution < 1.29 is 0 Å². The second kappa shape index (κ2) is 6.39. The van der Waals surface area contributed by atoms with Crippen LogP contribution in [0.2, 0.25) is 0 Å². The Bertz CT molecular complexity index is 827. The summed E-state index contributed by atoms with van der Waals surface area (Å²) < 4.78 is 1.72. The molecule has 112 valence electrons. The van der Waals surface area contributed by atoms with Gasteiger partial charge in [0.1, 0.15) is 5.65 Å². The highest BCUT2D eigenvalue weighted by atomic mass is 16.1. The molecule has 1 aromatic carbocycles. The van der Waals surface area contributed by atoms with Gasteiger partial charge in [-0.25, -0.2) is 4.98 Å². The van der Waals surface area contributed by atoms with Crippen molar-refractivity contribution in [2.45, 2.75) is 26.3 Å². The molecule has 2 heterocycles. The zero-order valence-electron chi connectivity index (χ0n) is 12.5. The Morgan fingerprint density at radius 3 is 2.73 bits per heavy atom. The van der Waals surface area contributed by atoms with Crippen LogP contribution in [0.3, 0.4) is 0 Å². The van der Waals surface area contributed by atoms with Crippen LogP contribution < -0.4 is 10.9 Å². The zero-order chi connectivity index (χ0) is 15.4. The van der Waals surface area contributed by atoms with Crippen molar-refractivity contribution in [1.29, 1.82) is 0 Å². The first-order valence-corrected chi connectivity index (χ1v) is 7.46. The number of pyridine rings is 1. The number of unbranched alkanes of at least 4 members (excludes halogenated alkanes) is 1. The van der Waals surface area contributed by atoms with E-state index in [2.05, 4.69) is 22.2 Å². The standard InChI is InChI=1S/C17H18N4O/c1-2-3-11-21-15(22)10-9-13-12-18-17(20-16(13)21)19-14-7-5-4-6-8-14/h4-10,12H,2-3,11H2,1H3,(H,18,19,20). The number of rotatable bonds is 5. The van der Waals surface area contributed by atoms with Crippen LogP contribution in [0.1, 0.15) is 19.8 Å². The van der Waals surface area contributed by atoms with E-state index in [1.54, 1.807) is 22.9 Å². The Morgan fingerprint density at radius 2 is 1.95 bits per heavy atom. The van der Waals surface area contributed by atoms with Crippen LogP contribution in [-0.4, -0.2) is 14.5 Å². The van der Waals surface area contributed by atoms with Crippen molar-refractivity contribution in [3.63, 3.8) is 0 Å². The van der Waals surface area contributed by atoms with Crippen LogP contribution in [0.4, 0.5) is 11.6 Å². The molecule has 3 rings (SSSR count). The second-order valence-corrected chi connectivity index (χ2v) is 5.14. The third-order valence-electron chi connectivity index (χ3n) is 3.49. The number of hydrogen-bond acceptors (Lipinski definition) is 4. The molecule has 0 spiro atoms. The molecule has 0 radical (unpaired) electrons. The minimum Gasteiger partial charge on any atom is -0.324 e. The number of aryl methyl sites for hydroxylation is 1. The number of anilines is 2. The maximum atomic E-state index is 12.1. The van der Waals surface area contributed by atoms with Gasteiger partial charge in [-0.1, -0.05) is 31.5 Å². The normalized spacial score (nSPS) is 10.8. The maximum Gasteiger partial charge on any atom is 0.252 e. The molecular weight excluding hydrogens is 276 g/mol. The quantitative estimate of drug-likeness (QED) is 0.784. The number of fused-ring (bicyclic) bond motifs is 1. The van der Waals surface area contributed by atoms with Crippen LogP contribution in [0.5, 0.6) is 0 Å². The molecule has 0 saturated carbocycles. The Morgan fingerprint density at radius 1 is 1.14 bits per heavy atom. The Balaban J connectivity index is 2.02. The number of benzene rings is 1. The van der Waals surface area contributed by atoms with Gasteiger partial charge in [-0.15, -0.1) is 0 Å². The molecule has 3 aromatic rings. The molecule has 0 unspecified atom stereocenters. The van der Waals surface area contributed by atoms with Gasteiger partial charge in [0.15, 0.2) is 0 Å². The van der Waals surface area contributed by atoms with E-state index in [1.165, 1.54) is 0 Å². The number of hydrogen-bond donors (Lipinski definition) is 1. The highest BCUT2D eigenvalue weighted by Gasteiger charge is 2.06. The fraction of sp³-hybridized carbons (Fsp3) is 0.235. The molecule has 0 bridgehead atoms. The molecular formula is C17H18N4O. The summed E-state index contributed by atoms with van der Waals surface area (Å²) in [6.45, 7) is 2.78. The van der Waals surface area contributed by atoms with Gasteiger partial charge in [-0.2, -0.15) is 4.98 Å². The van der Waals surface area contributed by atoms with E-state index >= 15 is 0 Å². The van der Waals surface area contributed by atoms with Gasteiger partial charge in [0.25, 0.3) is 5.56 Å². The Hall–Kier alpha value is -2.69. The maximum absolute atomic E-state index is 12.1. The molecule has 0 atom stereocenters.